The highest BCUT2D eigenvalue weighted by molar-refractivity contribution is 7.99. The first-order valence-electron chi connectivity index (χ1n) is 9.29. The topological polar surface area (TPSA) is 57.7 Å². The molecular formula is C23H16N2O3S. The van der Waals surface area contributed by atoms with E-state index in [2.05, 4.69) is 0 Å². The fourth-order valence-corrected chi connectivity index (χ4v) is 4.79. The van der Waals surface area contributed by atoms with Gasteiger partial charge in [0.15, 0.2) is 0 Å². The Labute approximate surface area is 171 Å². The molecule has 0 bridgehead atoms. The molecule has 0 aliphatic carbocycles. The van der Waals surface area contributed by atoms with E-state index in [1.165, 1.54) is 4.90 Å². The number of nitrogens with zero attached hydrogens (tertiary/aromatic N) is 2. The first-order chi connectivity index (χ1) is 14.1. The van der Waals surface area contributed by atoms with Crippen LogP contribution in [0.4, 0.5) is 11.4 Å². The van der Waals surface area contributed by atoms with Crippen molar-refractivity contribution in [3.8, 4) is 0 Å². The molecule has 0 fully saturated rings. The summed E-state index contributed by atoms with van der Waals surface area (Å²) in [6.45, 7) is 0.0547. The Balaban J connectivity index is 1.41. The second-order valence-corrected chi connectivity index (χ2v) is 7.91. The quantitative estimate of drug-likeness (QED) is 0.608. The van der Waals surface area contributed by atoms with Crippen LogP contribution >= 0.6 is 11.8 Å². The predicted octanol–water partition coefficient (Wildman–Crippen LogP) is 4.50. The molecule has 0 N–H and O–H groups in total. The number of rotatable bonds is 3. The van der Waals surface area contributed by atoms with Gasteiger partial charge in [0.1, 0.15) is 0 Å². The minimum Gasteiger partial charge on any atom is -0.279 e. The Bertz CT molecular complexity index is 1090. The third kappa shape index (κ3) is 2.84. The van der Waals surface area contributed by atoms with E-state index >= 15 is 0 Å². The zero-order valence-electron chi connectivity index (χ0n) is 15.4. The monoisotopic (exact) mass is 400 g/mol. The van der Waals surface area contributed by atoms with Crippen molar-refractivity contribution >= 4 is 40.9 Å². The van der Waals surface area contributed by atoms with Gasteiger partial charge < -0.3 is 0 Å². The summed E-state index contributed by atoms with van der Waals surface area (Å²) in [7, 11) is 0. The summed E-state index contributed by atoms with van der Waals surface area (Å²) < 4.78 is 0. The molecule has 0 radical (unpaired) electrons. The van der Waals surface area contributed by atoms with Gasteiger partial charge in [0.2, 0.25) is 5.91 Å². The smallest absolute Gasteiger partial charge is 0.261 e. The van der Waals surface area contributed by atoms with Crippen LogP contribution in [0.25, 0.3) is 0 Å². The molecule has 6 heteroatoms. The Morgan fingerprint density at radius 3 is 1.76 bits per heavy atom. The van der Waals surface area contributed by atoms with Crippen molar-refractivity contribution in [1.29, 1.82) is 0 Å². The molecule has 2 aliphatic rings. The average Bonchev–Trinajstić information content (AvgIpc) is 3.00. The first kappa shape index (κ1) is 17.7. The molecule has 5 rings (SSSR count). The zero-order chi connectivity index (χ0) is 20.0. The van der Waals surface area contributed by atoms with Gasteiger partial charge in [-0.3, -0.25) is 24.2 Å². The van der Waals surface area contributed by atoms with Gasteiger partial charge in [-0.05, 0) is 36.4 Å². The number of hydrogen-bond donors (Lipinski definition) is 0. The summed E-state index contributed by atoms with van der Waals surface area (Å²) in [5, 5.41) is 0. The van der Waals surface area contributed by atoms with Crippen molar-refractivity contribution in [3.63, 3.8) is 0 Å². The SMILES string of the molecule is O=C1c2ccccc2C(=O)N1CCC(=O)N1c2ccccc2Sc2ccccc21. The second kappa shape index (κ2) is 6.90. The maximum atomic E-state index is 13.2. The molecule has 0 unspecified atom stereocenters. The number of imide groups is 1. The van der Waals surface area contributed by atoms with Crippen LogP contribution in [0.5, 0.6) is 0 Å². The maximum Gasteiger partial charge on any atom is 0.261 e. The molecular weight excluding hydrogens is 384 g/mol. The van der Waals surface area contributed by atoms with Crippen LogP contribution in [0.15, 0.2) is 82.6 Å². The Morgan fingerprint density at radius 1 is 0.724 bits per heavy atom. The second-order valence-electron chi connectivity index (χ2n) is 6.82. The molecule has 0 saturated carbocycles. The van der Waals surface area contributed by atoms with Gasteiger partial charge in [0, 0.05) is 22.8 Å². The molecule has 3 aromatic carbocycles. The number of benzene rings is 3. The van der Waals surface area contributed by atoms with Gasteiger partial charge in [-0.1, -0.05) is 48.2 Å². The minimum atomic E-state index is -0.339. The highest BCUT2D eigenvalue weighted by Crippen LogP contribution is 2.48. The maximum absolute atomic E-state index is 13.2. The first-order valence-corrected chi connectivity index (χ1v) is 10.1. The van der Waals surface area contributed by atoms with Crippen molar-refractivity contribution < 1.29 is 14.4 Å². The summed E-state index contributed by atoms with van der Waals surface area (Å²) in [4.78, 5) is 43.2. The van der Waals surface area contributed by atoms with Crippen LogP contribution in [-0.2, 0) is 4.79 Å². The van der Waals surface area contributed by atoms with Crippen LogP contribution < -0.4 is 4.90 Å². The average molecular weight is 400 g/mol. The Hall–Kier alpha value is -3.38. The Morgan fingerprint density at radius 2 is 1.21 bits per heavy atom. The zero-order valence-corrected chi connectivity index (χ0v) is 16.2. The fraction of sp³-hybridized carbons (Fsp3) is 0.0870. The molecule has 3 aromatic rings. The lowest BCUT2D eigenvalue weighted by atomic mass is 10.1. The van der Waals surface area contributed by atoms with E-state index in [1.807, 2.05) is 48.5 Å². The van der Waals surface area contributed by atoms with Gasteiger partial charge >= 0.3 is 0 Å². The number of carbonyl (C=O) groups excluding carboxylic acids is 3. The van der Waals surface area contributed by atoms with E-state index in [9.17, 15) is 14.4 Å². The van der Waals surface area contributed by atoms with Crippen molar-refractivity contribution in [2.45, 2.75) is 16.2 Å². The summed E-state index contributed by atoms with van der Waals surface area (Å²) in [5.41, 5.74) is 2.44. The van der Waals surface area contributed by atoms with Crippen LogP contribution in [0, 0.1) is 0 Å². The lowest BCUT2D eigenvalue weighted by molar-refractivity contribution is -0.118. The van der Waals surface area contributed by atoms with Crippen LogP contribution in [-0.4, -0.2) is 29.2 Å². The van der Waals surface area contributed by atoms with Gasteiger partial charge in [-0.2, -0.15) is 0 Å². The third-order valence-corrected chi connectivity index (χ3v) is 6.24. The highest BCUT2D eigenvalue weighted by atomic mass is 32.2. The fourth-order valence-electron chi connectivity index (χ4n) is 3.73. The number of para-hydroxylation sites is 2. The largest absolute Gasteiger partial charge is 0.279 e. The van der Waals surface area contributed by atoms with Crippen molar-refractivity contribution in [3.05, 3.63) is 83.9 Å². The molecule has 142 valence electrons. The van der Waals surface area contributed by atoms with Crippen LogP contribution in [0.1, 0.15) is 27.1 Å². The number of hydrogen-bond acceptors (Lipinski definition) is 4. The van der Waals surface area contributed by atoms with Gasteiger partial charge in [0.05, 0.1) is 22.5 Å². The van der Waals surface area contributed by atoms with E-state index in [0.29, 0.717) is 11.1 Å². The van der Waals surface area contributed by atoms with E-state index < -0.39 is 0 Å². The molecule has 29 heavy (non-hydrogen) atoms. The molecule has 0 spiro atoms. The lowest BCUT2D eigenvalue weighted by Crippen LogP contribution is -2.35. The van der Waals surface area contributed by atoms with E-state index in [-0.39, 0.29) is 30.7 Å². The Kier molecular flexibility index (Phi) is 4.21. The van der Waals surface area contributed by atoms with E-state index in [4.69, 9.17) is 0 Å². The molecule has 2 heterocycles. The summed E-state index contributed by atoms with van der Waals surface area (Å²) >= 11 is 1.63. The molecule has 0 saturated heterocycles. The van der Waals surface area contributed by atoms with Crippen LogP contribution in [0.2, 0.25) is 0 Å². The van der Waals surface area contributed by atoms with Gasteiger partial charge in [-0.15, -0.1) is 0 Å². The predicted molar refractivity (Wildman–Crippen MR) is 111 cm³/mol. The minimum absolute atomic E-state index is 0.0544. The molecule has 5 nitrogen and oxygen atoms in total. The van der Waals surface area contributed by atoms with E-state index in [1.54, 1.807) is 40.9 Å². The van der Waals surface area contributed by atoms with Crippen molar-refractivity contribution in [2.75, 3.05) is 11.4 Å². The summed E-state index contributed by atoms with van der Waals surface area (Å²) in [6.07, 6.45) is 0.0544. The molecule has 0 atom stereocenters. The van der Waals surface area contributed by atoms with Crippen molar-refractivity contribution in [2.24, 2.45) is 0 Å². The summed E-state index contributed by atoms with van der Waals surface area (Å²) in [5.74, 6) is -0.830. The van der Waals surface area contributed by atoms with Gasteiger partial charge in [0.25, 0.3) is 11.8 Å². The highest BCUT2D eigenvalue weighted by Gasteiger charge is 2.36. The van der Waals surface area contributed by atoms with Gasteiger partial charge in [-0.25, -0.2) is 0 Å². The molecule has 2 aliphatic heterocycles. The lowest BCUT2D eigenvalue weighted by Gasteiger charge is -2.31. The normalized spacial score (nSPS) is 14.5. The number of amides is 3. The van der Waals surface area contributed by atoms with Crippen molar-refractivity contribution in [1.82, 2.24) is 4.90 Å². The van der Waals surface area contributed by atoms with Crippen LogP contribution in [0.3, 0.4) is 0 Å². The number of anilines is 2. The standard InChI is InChI=1S/C23H16N2O3S/c26-21(13-14-24-22(27)15-7-1-2-8-16(15)23(24)28)25-17-9-3-5-11-19(17)29-20-12-6-4-10-18(20)25/h1-12H,13-14H2. The molecule has 0 aromatic heterocycles. The number of carbonyl (C=O) groups is 3. The number of fused-ring (bicyclic) bond motifs is 3. The third-order valence-electron chi connectivity index (χ3n) is 5.11. The summed E-state index contributed by atoms with van der Waals surface area (Å²) in [6, 6.07) is 22.3. The van der Waals surface area contributed by atoms with E-state index in [0.717, 1.165) is 21.2 Å². The molecule has 3 amide bonds.